The van der Waals surface area contributed by atoms with Crippen molar-refractivity contribution in [2.45, 2.75) is 32.7 Å². The number of nitrogens with zero attached hydrogens (tertiary/aromatic N) is 1. The Balaban J connectivity index is 2.44. The molecule has 3 heteroatoms. The molecule has 0 bridgehead atoms. The number of aromatic nitrogens is 1. The van der Waals surface area contributed by atoms with Crippen LogP contribution in [0.3, 0.4) is 0 Å². The van der Waals surface area contributed by atoms with E-state index in [0.717, 1.165) is 28.7 Å². The summed E-state index contributed by atoms with van der Waals surface area (Å²) in [5.41, 5.74) is 8.84. The fourth-order valence-electron chi connectivity index (χ4n) is 2.20. The number of para-hydroxylation sites is 1. The van der Waals surface area contributed by atoms with Gasteiger partial charge in [0.15, 0.2) is 0 Å². The van der Waals surface area contributed by atoms with Crippen molar-refractivity contribution in [3.05, 3.63) is 36.0 Å². The number of hydrogen-bond acceptors (Lipinski definition) is 3. The minimum atomic E-state index is -0.00862. The number of anilines is 1. The topological polar surface area (TPSA) is 50.9 Å². The van der Waals surface area contributed by atoms with E-state index in [1.165, 1.54) is 0 Å². The Kier molecular flexibility index (Phi) is 3.53. The van der Waals surface area contributed by atoms with Crippen LogP contribution >= 0.6 is 0 Å². The van der Waals surface area contributed by atoms with Crippen LogP contribution in [0.1, 0.15) is 26.0 Å². The van der Waals surface area contributed by atoms with Crippen molar-refractivity contribution < 1.29 is 0 Å². The lowest BCUT2D eigenvalue weighted by Gasteiger charge is -2.28. The number of hydrogen-bond donors (Lipinski definition) is 2. The molecule has 0 fully saturated rings. The first-order valence-corrected chi connectivity index (χ1v) is 6.36. The summed E-state index contributed by atoms with van der Waals surface area (Å²) >= 11 is 0. The second-order valence-corrected chi connectivity index (χ2v) is 5.38. The van der Waals surface area contributed by atoms with E-state index >= 15 is 0 Å². The second kappa shape index (κ2) is 4.94. The van der Waals surface area contributed by atoms with Gasteiger partial charge in [-0.05, 0) is 45.9 Å². The van der Waals surface area contributed by atoms with Gasteiger partial charge in [-0.2, -0.15) is 0 Å². The number of nitrogens with two attached hydrogens (primary N) is 1. The molecule has 0 spiro atoms. The largest absolute Gasteiger partial charge is 0.380 e. The van der Waals surface area contributed by atoms with Crippen LogP contribution in [0.5, 0.6) is 0 Å². The highest BCUT2D eigenvalue weighted by molar-refractivity contribution is 5.91. The number of pyridine rings is 1. The summed E-state index contributed by atoms with van der Waals surface area (Å²) in [6, 6.07) is 10.3. The molecule has 0 unspecified atom stereocenters. The van der Waals surface area contributed by atoms with Crippen LogP contribution in [-0.2, 0) is 0 Å². The third-order valence-corrected chi connectivity index (χ3v) is 3.09. The molecule has 3 N–H and O–H groups in total. The van der Waals surface area contributed by atoms with Crippen molar-refractivity contribution in [3.63, 3.8) is 0 Å². The Bertz CT molecular complexity index is 546. The molecule has 18 heavy (non-hydrogen) atoms. The van der Waals surface area contributed by atoms with Crippen molar-refractivity contribution in [1.82, 2.24) is 4.98 Å². The van der Waals surface area contributed by atoms with Crippen molar-refractivity contribution in [3.8, 4) is 0 Å². The van der Waals surface area contributed by atoms with E-state index in [4.69, 9.17) is 5.73 Å². The number of benzene rings is 1. The quantitative estimate of drug-likeness (QED) is 0.867. The highest BCUT2D eigenvalue weighted by Gasteiger charge is 2.17. The van der Waals surface area contributed by atoms with Crippen molar-refractivity contribution in [2.75, 3.05) is 11.9 Å². The van der Waals surface area contributed by atoms with Gasteiger partial charge in [0, 0.05) is 22.3 Å². The Hall–Kier alpha value is -1.61. The number of aryl methyl sites for hydroxylation is 1. The molecule has 1 heterocycles. The first-order chi connectivity index (χ1) is 8.52. The van der Waals surface area contributed by atoms with Gasteiger partial charge in [-0.1, -0.05) is 18.2 Å². The third-order valence-electron chi connectivity index (χ3n) is 3.09. The fourth-order valence-corrected chi connectivity index (χ4v) is 2.20. The minimum Gasteiger partial charge on any atom is -0.380 e. The Labute approximate surface area is 108 Å². The zero-order valence-corrected chi connectivity index (χ0v) is 11.3. The smallest absolute Gasteiger partial charge is 0.0725 e. The average molecular weight is 243 g/mol. The average Bonchev–Trinajstić information content (AvgIpc) is 2.28. The lowest BCUT2D eigenvalue weighted by Crippen LogP contribution is -2.33. The molecular weight excluding hydrogens is 222 g/mol. The van der Waals surface area contributed by atoms with Crippen LogP contribution in [0.15, 0.2) is 30.3 Å². The summed E-state index contributed by atoms with van der Waals surface area (Å²) in [4.78, 5) is 4.55. The predicted octanol–water partition coefficient (Wildman–Crippen LogP) is 3.08. The van der Waals surface area contributed by atoms with Gasteiger partial charge in [-0.15, -0.1) is 0 Å². The van der Waals surface area contributed by atoms with E-state index < -0.39 is 0 Å². The van der Waals surface area contributed by atoms with Gasteiger partial charge in [0.25, 0.3) is 0 Å². The van der Waals surface area contributed by atoms with Gasteiger partial charge in [-0.3, -0.25) is 4.98 Å². The molecule has 0 aliphatic rings. The normalized spacial score (nSPS) is 11.8. The van der Waals surface area contributed by atoms with Crippen molar-refractivity contribution in [1.29, 1.82) is 0 Å². The van der Waals surface area contributed by atoms with E-state index in [1.807, 2.05) is 25.1 Å². The monoisotopic (exact) mass is 243 g/mol. The van der Waals surface area contributed by atoms with Crippen molar-refractivity contribution in [2.24, 2.45) is 5.73 Å². The molecule has 0 radical (unpaired) electrons. The van der Waals surface area contributed by atoms with Crippen LogP contribution in [-0.4, -0.2) is 17.1 Å². The summed E-state index contributed by atoms with van der Waals surface area (Å²) in [5.74, 6) is 0. The summed E-state index contributed by atoms with van der Waals surface area (Å²) in [6.07, 6.45) is 0.933. The highest BCUT2D eigenvalue weighted by atomic mass is 15.0. The molecule has 3 nitrogen and oxygen atoms in total. The number of nitrogens with one attached hydrogen (secondary N) is 1. The van der Waals surface area contributed by atoms with Gasteiger partial charge in [-0.25, -0.2) is 0 Å². The van der Waals surface area contributed by atoms with Gasteiger partial charge < -0.3 is 11.1 Å². The molecule has 0 saturated heterocycles. The SMILES string of the molecule is Cc1cc(NC(C)(C)CCN)c2ccccc2n1. The van der Waals surface area contributed by atoms with Crippen molar-refractivity contribution >= 4 is 16.6 Å². The third kappa shape index (κ3) is 2.79. The molecule has 1 aromatic heterocycles. The summed E-state index contributed by atoms with van der Waals surface area (Å²) in [7, 11) is 0. The summed E-state index contributed by atoms with van der Waals surface area (Å²) in [5, 5.41) is 4.74. The van der Waals surface area contributed by atoms with E-state index in [0.29, 0.717) is 6.54 Å². The molecule has 0 aliphatic carbocycles. The Morgan fingerprint density at radius 2 is 2.00 bits per heavy atom. The molecule has 0 amide bonds. The van der Waals surface area contributed by atoms with Gasteiger partial charge in [0.2, 0.25) is 0 Å². The molecule has 1 aromatic carbocycles. The summed E-state index contributed by atoms with van der Waals surface area (Å²) < 4.78 is 0. The molecule has 96 valence electrons. The Morgan fingerprint density at radius 3 is 2.72 bits per heavy atom. The van der Waals surface area contributed by atoms with E-state index in [2.05, 4.69) is 36.3 Å². The minimum absolute atomic E-state index is 0.00862. The molecular formula is C15H21N3. The first kappa shape index (κ1) is 12.8. The van der Waals surface area contributed by atoms with E-state index in [9.17, 15) is 0 Å². The van der Waals surface area contributed by atoms with Crippen LogP contribution in [0.2, 0.25) is 0 Å². The zero-order chi connectivity index (χ0) is 13.2. The van der Waals surface area contributed by atoms with Gasteiger partial charge >= 0.3 is 0 Å². The highest BCUT2D eigenvalue weighted by Crippen LogP contribution is 2.26. The van der Waals surface area contributed by atoms with Gasteiger partial charge in [0.05, 0.1) is 5.52 Å². The molecule has 0 atom stereocenters. The maximum atomic E-state index is 5.66. The van der Waals surface area contributed by atoms with Crippen LogP contribution < -0.4 is 11.1 Å². The first-order valence-electron chi connectivity index (χ1n) is 6.36. The van der Waals surface area contributed by atoms with E-state index in [-0.39, 0.29) is 5.54 Å². The second-order valence-electron chi connectivity index (χ2n) is 5.38. The maximum Gasteiger partial charge on any atom is 0.0725 e. The lowest BCUT2D eigenvalue weighted by atomic mass is 9.99. The summed E-state index contributed by atoms with van der Waals surface area (Å²) in [6.45, 7) is 7.05. The lowest BCUT2D eigenvalue weighted by molar-refractivity contribution is 0.527. The molecule has 2 rings (SSSR count). The number of fused-ring (bicyclic) bond motifs is 1. The molecule has 2 aromatic rings. The molecule has 0 aliphatic heterocycles. The Morgan fingerprint density at radius 1 is 1.28 bits per heavy atom. The van der Waals surface area contributed by atoms with E-state index in [1.54, 1.807) is 0 Å². The predicted molar refractivity (Wildman–Crippen MR) is 77.9 cm³/mol. The molecule has 0 saturated carbocycles. The van der Waals surface area contributed by atoms with Gasteiger partial charge in [0.1, 0.15) is 0 Å². The van der Waals surface area contributed by atoms with Crippen LogP contribution in [0.25, 0.3) is 10.9 Å². The standard InChI is InChI=1S/C15H21N3/c1-11-10-14(18-15(2,3)8-9-16)12-6-4-5-7-13(12)17-11/h4-7,10H,8-9,16H2,1-3H3,(H,17,18). The zero-order valence-electron chi connectivity index (χ0n) is 11.3. The maximum absolute atomic E-state index is 5.66. The fraction of sp³-hybridized carbons (Fsp3) is 0.400. The van der Waals surface area contributed by atoms with Crippen LogP contribution in [0.4, 0.5) is 5.69 Å². The van der Waals surface area contributed by atoms with Crippen LogP contribution in [0, 0.1) is 6.92 Å². The number of rotatable bonds is 4.